The molecule has 0 saturated heterocycles. The number of rotatable bonds is 7. The molecular weight excluding hydrogens is 338 g/mol. The number of fused-ring (bicyclic) bond motifs is 1. The number of aryl methyl sites for hydroxylation is 1. The first-order valence-electron chi connectivity index (χ1n) is 9.17. The second kappa shape index (κ2) is 8.58. The maximum Gasteiger partial charge on any atom is 0.260 e. The minimum atomic E-state index is -0.587. The molecule has 1 atom stereocenters. The van der Waals surface area contributed by atoms with Crippen LogP contribution in [-0.4, -0.2) is 25.2 Å². The van der Waals surface area contributed by atoms with E-state index in [0.717, 1.165) is 22.1 Å². The van der Waals surface area contributed by atoms with Gasteiger partial charge in [0.2, 0.25) is 0 Å². The van der Waals surface area contributed by atoms with Crippen LogP contribution in [0.2, 0.25) is 0 Å². The van der Waals surface area contributed by atoms with Gasteiger partial charge in [-0.1, -0.05) is 48.5 Å². The lowest BCUT2D eigenvalue weighted by atomic mass is 10.1. The van der Waals surface area contributed by atoms with Gasteiger partial charge in [-0.05, 0) is 49.4 Å². The lowest BCUT2D eigenvalue weighted by molar-refractivity contribution is -0.127. The number of ether oxygens (including phenoxy) is 2. The Hall–Kier alpha value is -3.01. The summed E-state index contributed by atoms with van der Waals surface area (Å²) < 4.78 is 11.7. The van der Waals surface area contributed by atoms with E-state index in [2.05, 4.69) is 18.3 Å². The van der Waals surface area contributed by atoms with Crippen molar-refractivity contribution in [2.45, 2.75) is 26.9 Å². The third-order valence-corrected chi connectivity index (χ3v) is 4.64. The van der Waals surface area contributed by atoms with Gasteiger partial charge in [-0.15, -0.1) is 0 Å². The van der Waals surface area contributed by atoms with Gasteiger partial charge in [0.15, 0.2) is 6.10 Å². The van der Waals surface area contributed by atoms with Crippen LogP contribution < -0.4 is 14.8 Å². The van der Waals surface area contributed by atoms with E-state index in [1.165, 1.54) is 5.56 Å². The molecule has 3 rings (SSSR count). The van der Waals surface area contributed by atoms with Gasteiger partial charge in [0.05, 0.1) is 6.54 Å². The monoisotopic (exact) mass is 363 g/mol. The van der Waals surface area contributed by atoms with Crippen molar-refractivity contribution in [2.75, 3.05) is 13.2 Å². The zero-order chi connectivity index (χ0) is 19.2. The van der Waals surface area contributed by atoms with E-state index in [1.807, 2.05) is 61.5 Å². The Morgan fingerprint density at radius 2 is 1.67 bits per heavy atom. The Labute approximate surface area is 160 Å². The summed E-state index contributed by atoms with van der Waals surface area (Å²) in [5.41, 5.74) is 2.31. The third kappa shape index (κ3) is 4.59. The fourth-order valence-corrected chi connectivity index (χ4v) is 2.90. The molecular formula is C23H25NO3. The van der Waals surface area contributed by atoms with Gasteiger partial charge in [0.25, 0.3) is 5.91 Å². The van der Waals surface area contributed by atoms with Crippen LogP contribution in [-0.2, 0) is 4.79 Å². The zero-order valence-corrected chi connectivity index (χ0v) is 16.0. The maximum atomic E-state index is 12.3. The molecule has 0 aliphatic heterocycles. The van der Waals surface area contributed by atoms with Crippen molar-refractivity contribution in [1.29, 1.82) is 0 Å². The summed E-state index contributed by atoms with van der Waals surface area (Å²) in [5, 5.41) is 4.95. The van der Waals surface area contributed by atoms with Gasteiger partial charge in [0.1, 0.15) is 18.1 Å². The molecule has 0 heterocycles. The summed E-state index contributed by atoms with van der Waals surface area (Å²) in [6.45, 7) is 6.68. The van der Waals surface area contributed by atoms with E-state index >= 15 is 0 Å². The minimum Gasteiger partial charge on any atom is -0.491 e. The second-order valence-electron chi connectivity index (χ2n) is 6.57. The summed E-state index contributed by atoms with van der Waals surface area (Å²) in [5.74, 6) is 1.40. The molecule has 0 saturated carbocycles. The first-order valence-corrected chi connectivity index (χ1v) is 9.17. The predicted octanol–water partition coefficient (Wildman–Crippen LogP) is 4.42. The van der Waals surface area contributed by atoms with Gasteiger partial charge in [-0.25, -0.2) is 0 Å². The van der Waals surface area contributed by atoms with Crippen molar-refractivity contribution < 1.29 is 14.3 Å². The van der Waals surface area contributed by atoms with Crippen molar-refractivity contribution >= 4 is 16.7 Å². The number of hydrogen-bond acceptors (Lipinski definition) is 3. The maximum absolute atomic E-state index is 12.3. The van der Waals surface area contributed by atoms with Crippen molar-refractivity contribution in [3.8, 4) is 11.5 Å². The number of carbonyl (C=O) groups is 1. The quantitative estimate of drug-likeness (QED) is 0.632. The molecule has 1 N–H and O–H groups in total. The SMILES string of the molecule is Cc1cccc(OCCNC(=O)C(C)Oc2cccc3ccccc23)c1C. The average molecular weight is 363 g/mol. The smallest absolute Gasteiger partial charge is 0.260 e. The topological polar surface area (TPSA) is 47.6 Å². The highest BCUT2D eigenvalue weighted by molar-refractivity contribution is 5.89. The molecule has 0 bridgehead atoms. The van der Waals surface area contributed by atoms with E-state index < -0.39 is 6.10 Å². The largest absolute Gasteiger partial charge is 0.491 e. The molecule has 0 spiro atoms. The number of hydrogen-bond donors (Lipinski definition) is 1. The number of carbonyl (C=O) groups excluding carboxylic acids is 1. The van der Waals surface area contributed by atoms with Crippen molar-refractivity contribution in [2.24, 2.45) is 0 Å². The fraction of sp³-hybridized carbons (Fsp3) is 0.261. The average Bonchev–Trinajstić information content (AvgIpc) is 2.68. The predicted molar refractivity (Wildman–Crippen MR) is 108 cm³/mol. The summed E-state index contributed by atoms with van der Waals surface area (Å²) >= 11 is 0. The van der Waals surface area contributed by atoms with E-state index in [-0.39, 0.29) is 5.91 Å². The van der Waals surface area contributed by atoms with Crippen molar-refractivity contribution in [3.63, 3.8) is 0 Å². The van der Waals surface area contributed by atoms with Gasteiger partial charge in [0, 0.05) is 5.39 Å². The highest BCUT2D eigenvalue weighted by atomic mass is 16.5. The Morgan fingerprint density at radius 1 is 0.963 bits per heavy atom. The fourth-order valence-electron chi connectivity index (χ4n) is 2.90. The molecule has 0 radical (unpaired) electrons. The lowest BCUT2D eigenvalue weighted by Gasteiger charge is -2.16. The standard InChI is InChI=1S/C23H25NO3/c1-16-8-6-12-21(17(16)2)26-15-14-24-23(25)18(3)27-22-13-7-10-19-9-4-5-11-20(19)22/h4-13,18H,14-15H2,1-3H3,(H,24,25). The molecule has 27 heavy (non-hydrogen) atoms. The van der Waals surface area contributed by atoms with Crippen molar-refractivity contribution in [1.82, 2.24) is 5.32 Å². The highest BCUT2D eigenvalue weighted by Gasteiger charge is 2.15. The summed E-state index contributed by atoms with van der Waals surface area (Å²) in [7, 11) is 0. The Morgan fingerprint density at radius 3 is 2.52 bits per heavy atom. The summed E-state index contributed by atoms with van der Waals surface area (Å²) in [4.78, 5) is 12.3. The molecule has 0 aromatic heterocycles. The highest BCUT2D eigenvalue weighted by Crippen LogP contribution is 2.26. The van der Waals surface area contributed by atoms with E-state index in [0.29, 0.717) is 18.9 Å². The van der Waals surface area contributed by atoms with Crippen LogP contribution in [0.4, 0.5) is 0 Å². The molecule has 0 aliphatic rings. The summed E-state index contributed by atoms with van der Waals surface area (Å²) in [6.07, 6.45) is -0.587. The first kappa shape index (κ1) is 18.8. The first-order chi connectivity index (χ1) is 13.1. The van der Waals surface area contributed by atoms with Gasteiger partial charge >= 0.3 is 0 Å². The molecule has 0 aliphatic carbocycles. The molecule has 0 fully saturated rings. The van der Waals surface area contributed by atoms with Crippen LogP contribution in [0, 0.1) is 13.8 Å². The van der Waals surface area contributed by atoms with Crippen molar-refractivity contribution in [3.05, 3.63) is 71.8 Å². The number of nitrogens with one attached hydrogen (secondary N) is 1. The van der Waals surface area contributed by atoms with Crippen LogP contribution >= 0.6 is 0 Å². The van der Waals surface area contributed by atoms with Crippen LogP contribution in [0.5, 0.6) is 11.5 Å². The molecule has 3 aromatic rings. The third-order valence-electron chi connectivity index (χ3n) is 4.64. The molecule has 4 heteroatoms. The van der Waals surface area contributed by atoms with E-state index in [4.69, 9.17) is 9.47 Å². The zero-order valence-electron chi connectivity index (χ0n) is 16.0. The molecule has 3 aromatic carbocycles. The minimum absolute atomic E-state index is 0.160. The summed E-state index contributed by atoms with van der Waals surface area (Å²) in [6, 6.07) is 19.8. The van der Waals surface area contributed by atoms with E-state index in [1.54, 1.807) is 6.92 Å². The van der Waals surface area contributed by atoms with Crippen LogP contribution in [0.25, 0.3) is 10.8 Å². The Kier molecular flexibility index (Phi) is 5.97. The second-order valence-corrected chi connectivity index (χ2v) is 6.57. The Balaban J connectivity index is 1.51. The Bertz CT molecular complexity index is 931. The number of amides is 1. The van der Waals surface area contributed by atoms with Gasteiger partial charge in [-0.2, -0.15) is 0 Å². The normalized spacial score (nSPS) is 11.8. The van der Waals surface area contributed by atoms with Crippen LogP contribution in [0.1, 0.15) is 18.1 Å². The van der Waals surface area contributed by atoms with Crippen LogP contribution in [0.15, 0.2) is 60.7 Å². The molecule has 140 valence electrons. The lowest BCUT2D eigenvalue weighted by Crippen LogP contribution is -2.38. The van der Waals surface area contributed by atoms with E-state index in [9.17, 15) is 4.79 Å². The molecule has 4 nitrogen and oxygen atoms in total. The molecule has 1 amide bonds. The van der Waals surface area contributed by atoms with Crippen LogP contribution in [0.3, 0.4) is 0 Å². The number of benzene rings is 3. The van der Waals surface area contributed by atoms with Gasteiger partial charge in [-0.3, -0.25) is 4.79 Å². The molecule has 1 unspecified atom stereocenters. The van der Waals surface area contributed by atoms with Gasteiger partial charge < -0.3 is 14.8 Å².